The van der Waals surface area contributed by atoms with Gasteiger partial charge < -0.3 is 19.5 Å². The van der Waals surface area contributed by atoms with E-state index in [1.54, 1.807) is 18.2 Å². The van der Waals surface area contributed by atoms with Gasteiger partial charge in [-0.05, 0) is 37.4 Å². The first-order chi connectivity index (χ1) is 14.0. The minimum absolute atomic E-state index is 0.0304. The number of carbonyl (C=O) groups is 2. The molecule has 2 aliphatic rings. The molecule has 1 aromatic carbocycles. The zero-order chi connectivity index (χ0) is 20.4. The van der Waals surface area contributed by atoms with Crippen molar-refractivity contribution in [1.82, 2.24) is 4.90 Å². The molecule has 0 fully saturated rings. The van der Waals surface area contributed by atoms with E-state index < -0.39 is 0 Å². The van der Waals surface area contributed by atoms with E-state index in [4.69, 9.17) is 14.2 Å². The highest BCUT2D eigenvalue weighted by Crippen LogP contribution is 2.36. The second-order valence-electron chi connectivity index (χ2n) is 6.89. The molecule has 0 bridgehead atoms. The Bertz CT molecular complexity index is 952. The van der Waals surface area contributed by atoms with Gasteiger partial charge in [-0.25, -0.2) is 0 Å². The van der Waals surface area contributed by atoms with Gasteiger partial charge >= 0.3 is 0 Å². The third-order valence-electron chi connectivity index (χ3n) is 4.51. The van der Waals surface area contributed by atoms with Crippen molar-refractivity contribution in [3.8, 4) is 11.5 Å². The Morgan fingerprint density at radius 2 is 1.93 bits per heavy atom. The Labute approximate surface area is 172 Å². The van der Waals surface area contributed by atoms with Crippen LogP contribution in [-0.4, -0.2) is 49.2 Å². The fourth-order valence-corrected chi connectivity index (χ4v) is 3.96. The molecule has 4 rings (SSSR count). The van der Waals surface area contributed by atoms with Gasteiger partial charge in [-0.1, -0.05) is 6.07 Å². The Kier molecular flexibility index (Phi) is 5.55. The van der Waals surface area contributed by atoms with E-state index in [1.165, 1.54) is 16.2 Å². The van der Waals surface area contributed by atoms with Crippen LogP contribution in [0.25, 0.3) is 5.57 Å². The summed E-state index contributed by atoms with van der Waals surface area (Å²) in [6.07, 6.45) is 0.0304. The number of nitrogens with one attached hydrogen (secondary N) is 1. The molecule has 0 saturated carbocycles. The molecule has 7 nitrogen and oxygen atoms in total. The first kappa shape index (κ1) is 19.5. The van der Waals surface area contributed by atoms with Crippen LogP contribution in [0.2, 0.25) is 0 Å². The molecule has 29 heavy (non-hydrogen) atoms. The lowest BCUT2D eigenvalue weighted by molar-refractivity contribution is -0.137. The van der Waals surface area contributed by atoms with Crippen molar-refractivity contribution in [1.29, 1.82) is 0 Å². The average molecular weight is 414 g/mol. The lowest BCUT2D eigenvalue weighted by Gasteiger charge is -2.19. The highest BCUT2D eigenvalue weighted by Gasteiger charge is 2.39. The lowest BCUT2D eigenvalue weighted by atomic mass is 10.1. The van der Waals surface area contributed by atoms with Crippen molar-refractivity contribution < 1.29 is 23.8 Å². The van der Waals surface area contributed by atoms with E-state index in [0.29, 0.717) is 42.6 Å². The second kappa shape index (κ2) is 8.26. The summed E-state index contributed by atoms with van der Waals surface area (Å²) in [6, 6.07) is 9.06. The summed E-state index contributed by atoms with van der Waals surface area (Å²) in [4.78, 5) is 28.1. The Morgan fingerprint density at radius 3 is 2.66 bits per heavy atom. The maximum atomic E-state index is 13.1. The van der Waals surface area contributed by atoms with Crippen LogP contribution in [0, 0.1) is 0 Å². The van der Waals surface area contributed by atoms with E-state index in [0.717, 1.165) is 4.88 Å². The molecule has 1 N–H and O–H groups in total. The summed E-state index contributed by atoms with van der Waals surface area (Å²) in [5.41, 5.74) is 1.29. The first-order valence-electron chi connectivity index (χ1n) is 9.47. The van der Waals surface area contributed by atoms with Gasteiger partial charge in [0, 0.05) is 16.6 Å². The van der Waals surface area contributed by atoms with Gasteiger partial charge in [-0.3, -0.25) is 14.5 Å². The van der Waals surface area contributed by atoms with Crippen molar-refractivity contribution in [3.63, 3.8) is 0 Å². The molecule has 8 heteroatoms. The van der Waals surface area contributed by atoms with E-state index in [2.05, 4.69) is 5.32 Å². The van der Waals surface area contributed by atoms with Crippen molar-refractivity contribution >= 4 is 34.4 Å². The van der Waals surface area contributed by atoms with Crippen LogP contribution < -0.4 is 14.8 Å². The molecule has 3 heterocycles. The summed E-state index contributed by atoms with van der Waals surface area (Å²) in [6.45, 7) is 5.31. The molecule has 0 unspecified atom stereocenters. The maximum absolute atomic E-state index is 13.1. The fourth-order valence-electron chi connectivity index (χ4n) is 3.19. The molecule has 2 aliphatic heterocycles. The standard InChI is InChI=1S/C21H22N2O5S/c1-13(2)26-8-7-23-20(24)18(17-4-3-11-29-17)19(21(23)25)22-14-5-6-15-16(12-14)28-10-9-27-15/h3-6,11-13,22H,7-10H2,1-2H3. The van der Waals surface area contributed by atoms with Crippen LogP contribution in [-0.2, 0) is 14.3 Å². The Hall–Kier alpha value is -2.84. The van der Waals surface area contributed by atoms with Crippen LogP contribution in [0.3, 0.4) is 0 Å². The van der Waals surface area contributed by atoms with Gasteiger partial charge in [0.2, 0.25) is 0 Å². The molecule has 152 valence electrons. The number of hydrogen-bond donors (Lipinski definition) is 1. The van der Waals surface area contributed by atoms with E-state index in [1.807, 2.05) is 31.4 Å². The fraction of sp³-hybridized carbons (Fsp3) is 0.333. The molecule has 0 saturated heterocycles. The van der Waals surface area contributed by atoms with Gasteiger partial charge in [0.15, 0.2) is 11.5 Å². The first-order valence-corrected chi connectivity index (χ1v) is 10.3. The van der Waals surface area contributed by atoms with Gasteiger partial charge in [-0.2, -0.15) is 0 Å². The van der Waals surface area contributed by atoms with Crippen molar-refractivity contribution in [2.45, 2.75) is 20.0 Å². The average Bonchev–Trinajstić information content (AvgIpc) is 3.30. The van der Waals surface area contributed by atoms with E-state index in [-0.39, 0.29) is 30.2 Å². The topological polar surface area (TPSA) is 77.1 Å². The van der Waals surface area contributed by atoms with Crippen molar-refractivity contribution in [3.05, 3.63) is 46.3 Å². The van der Waals surface area contributed by atoms with Crippen LogP contribution in [0.1, 0.15) is 18.7 Å². The normalized spacial score (nSPS) is 16.2. The molecule has 0 spiro atoms. The van der Waals surface area contributed by atoms with Gasteiger partial charge in [0.25, 0.3) is 11.8 Å². The number of imide groups is 1. The van der Waals surface area contributed by atoms with Crippen molar-refractivity contribution in [2.75, 3.05) is 31.7 Å². The molecule has 0 aliphatic carbocycles. The third-order valence-corrected chi connectivity index (χ3v) is 5.40. The maximum Gasteiger partial charge on any atom is 0.278 e. The van der Waals surface area contributed by atoms with E-state index >= 15 is 0 Å². The Morgan fingerprint density at radius 1 is 1.14 bits per heavy atom. The number of fused-ring (bicyclic) bond motifs is 1. The van der Waals surface area contributed by atoms with Crippen LogP contribution in [0.5, 0.6) is 11.5 Å². The number of hydrogen-bond acceptors (Lipinski definition) is 7. The number of benzene rings is 1. The predicted octanol–water partition coefficient (Wildman–Crippen LogP) is 3.14. The third kappa shape index (κ3) is 3.99. The summed E-state index contributed by atoms with van der Waals surface area (Å²) >= 11 is 1.42. The second-order valence-corrected chi connectivity index (χ2v) is 7.84. The SMILES string of the molecule is CC(C)OCCN1C(=O)C(Nc2ccc3c(c2)OCCO3)=C(c2cccs2)C1=O. The molecular formula is C21H22N2O5S. The van der Waals surface area contributed by atoms with E-state index in [9.17, 15) is 9.59 Å². The molecule has 2 aromatic rings. The van der Waals surface area contributed by atoms with Crippen molar-refractivity contribution in [2.24, 2.45) is 0 Å². The highest BCUT2D eigenvalue weighted by molar-refractivity contribution is 7.11. The van der Waals surface area contributed by atoms with Crippen LogP contribution in [0.15, 0.2) is 41.4 Å². The quantitative estimate of drug-likeness (QED) is 0.702. The number of ether oxygens (including phenoxy) is 3. The molecule has 0 radical (unpaired) electrons. The molecule has 1 aromatic heterocycles. The minimum atomic E-state index is -0.361. The Balaban J connectivity index is 1.62. The summed E-state index contributed by atoms with van der Waals surface area (Å²) in [5, 5.41) is 5.02. The number of thiophene rings is 1. The smallest absolute Gasteiger partial charge is 0.278 e. The number of rotatable bonds is 7. The highest BCUT2D eigenvalue weighted by atomic mass is 32.1. The number of anilines is 1. The van der Waals surface area contributed by atoms with Gasteiger partial charge in [0.05, 0.1) is 24.8 Å². The zero-order valence-electron chi connectivity index (χ0n) is 16.3. The van der Waals surface area contributed by atoms with Crippen LogP contribution in [0.4, 0.5) is 5.69 Å². The molecule has 0 atom stereocenters. The van der Waals surface area contributed by atoms with Crippen LogP contribution >= 0.6 is 11.3 Å². The number of nitrogens with zero attached hydrogens (tertiary/aromatic N) is 1. The molecular weight excluding hydrogens is 392 g/mol. The zero-order valence-corrected chi connectivity index (χ0v) is 17.1. The summed E-state index contributed by atoms with van der Waals surface area (Å²) in [5.74, 6) is 0.597. The summed E-state index contributed by atoms with van der Waals surface area (Å²) < 4.78 is 16.7. The monoisotopic (exact) mass is 414 g/mol. The van der Waals surface area contributed by atoms with Gasteiger partial charge in [-0.15, -0.1) is 11.3 Å². The number of amides is 2. The molecule has 2 amide bonds. The summed E-state index contributed by atoms with van der Waals surface area (Å²) in [7, 11) is 0. The number of carbonyl (C=O) groups excluding carboxylic acids is 2. The largest absolute Gasteiger partial charge is 0.486 e. The lowest BCUT2D eigenvalue weighted by Crippen LogP contribution is -2.35. The van der Waals surface area contributed by atoms with Gasteiger partial charge in [0.1, 0.15) is 18.9 Å². The predicted molar refractivity (Wildman–Crippen MR) is 110 cm³/mol. The minimum Gasteiger partial charge on any atom is -0.486 e.